The smallest absolute Gasteiger partial charge is 0.246 e. The number of benzene rings is 1. The molecule has 0 aliphatic carbocycles. The summed E-state index contributed by atoms with van der Waals surface area (Å²) >= 11 is 1.84. The van der Waals surface area contributed by atoms with Gasteiger partial charge in [-0.3, -0.25) is 4.79 Å². The quantitative estimate of drug-likeness (QED) is 0.630. The van der Waals surface area contributed by atoms with Crippen molar-refractivity contribution in [3.63, 3.8) is 0 Å². The van der Waals surface area contributed by atoms with Crippen LogP contribution in [0.25, 0.3) is 0 Å². The lowest BCUT2D eigenvalue weighted by molar-refractivity contribution is -0.117. The first-order valence-corrected chi connectivity index (χ1v) is 7.05. The summed E-state index contributed by atoms with van der Waals surface area (Å²) in [5.41, 5.74) is 1.86. The normalized spacial score (nSPS) is 11.1. The molecule has 98 valence electrons. The number of carbonyl (C=O) groups excluding carboxylic acids is 1. The van der Waals surface area contributed by atoms with Crippen molar-refractivity contribution in [2.75, 3.05) is 12.3 Å². The number of hydrogen-bond acceptors (Lipinski definition) is 2. The lowest BCUT2D eigenvalue weighted by Crippen LogP contribution is -2.27. The van der Waals surface area contributed by atoms with Crippen molar-refractivity contribution < 1.29 is 4.79 Å². The zero-order valence-electron chi connectivity index (χ0n) is 11.3. The van der Waals surface area contributed by atoms with Crippen LogP contribution in [0.1, 0.15) is 26.3 Å². The van der Waals surface area contributed by atoms with E-state index in [1.54, 1.807) is 6.92 Å². The van der Waals surface area contributed by atoms with Gasteiger partial charge in [-0.15, -0.1) is 11.8 Å². The topological polar surface area (TPSA) is 29.1 Å². The minimum atomic E-state index is -0.0619. The highest BCUT2D eigenvalue weighted by molar-refractivity contribution is 8.00. The highest BCUT2D eigenvalue weighted by Gasteiger charge is 2.20. The van der Waals surface area contributed by atoms with E-state index >= 15 is 0 Å². The molecule has 1 N–H and O–H groups in total. The molecule has 0 saturated heterocycles. The van der Waals surface area contributed by atoms with Crippen LogP contribution in [0, 0.1) is 0 Å². The maximum Gasteiger partial charge on any atom is 0.246 e. The van der Waals surface area contributed by atoms with E-state index in [1.807, 2.05) is 17.8 Å². The number of carbonyl (C=O) groups is 1. The van der Waals surface area contributed by atoms with Gasteiger partial charge >= 0.3 is 0 Å². The Bertz CT molecular complexity index is 412. The van der Waals surface area contributed by atoms with Gasteiger partial charge in [0.25, 0.3) is 0 Å². The maximum atomic E-state index is 11.3. The number of hydrogen-bond donors (Lipinski definition) is 1. The molecule has 1 aromatic carbocycles. The Morgan fingerprint density at radius 3 is 2.50 bits per heavy atom. The number of nitrogens with one attached hydrogen (secondary N) is 1. The Morgan fingerprint density at radius 1 is 1.33 bits per heavy atom. The van der Waals surface area contributed by atoms with E-state index in [0.717, 1.165) is 5.75 Å². The van der Waals surface area contributed by atoms with E-state index in [4.69, 9.17) is 0 Å². The van der Waals surface area contributed by atoms with Gasteiger partial charge in [-0.2, -0.15) is 0 Å². The Morgan fingerprint density at radius 2 is 1.94 bits per heavy atom. The third kappa shape index (κ3) is 4.57. The molecule has 0 fully saturated rings. The van der Waals surface area contributed by atoms with Crippen LogP contribution in [0.2, 0.25) is 0 Å². The standard InChI is InChI=1S/C15H21NOS/c1-12(2)14(17)16-10-11-18-15(3,4)13-8-6-5-7-9-13/h5-9H,1,10-11H2,2-4H3,(H,16,17). The summed E-state index contributed by atoms with van der Waals surface area (Å²) in [6, 6.07) is 10.4. The van der Waals surface area contributed by atoms with Crippen molar-refractivity contribution in [2.45, 2.75) is 25.5 Å². The zero-order chi connectivity index (χ0) is 13.6. The molecule has 3 heteroatoms. The molecule has 1 rings (SSSR count). The van der Waals surface area contributed by atoms with E-state index in [-0.39, 0.29) is 10.7 Å². The van der Waals surface area contributed by atoms with Gasteiger partial charge in [0.2, 0.25) is 5.91 Å². The third-order valence-corrected chi connectivity index (χ3v) is 4.07. The minimum absolute atomic E-state index is 0.0619. The van der Waals surface area contributed by atoms with Gasteiger partial charge in [0.15, 0.2) is 0 Å². The second kappa shape index (κ2) is 6.64. The van der Waals surface area contributed by atoms with Crippen LogP contribution in [-0.2, 0) is 9.54 Å². The maximum absolute atomic E-state index is 11.3. The molecule has 1 aromatic rings. The Kier molecular flexibility index (Phi) is 5.48. The summed E-state index contributed by atoms with van der Waals surface area (Å²) in [6.45, 7) is 10.4. The van der Waals surface area contributed by atoms with E-state index in [2.05, 4.69) is 50.0 Å². The average molecular weight is 263 g/mol. The van der Waals surface area contributed by atoms with Gasteiger partial charge in [-0.05, 0) is 26.3 Å². The summed E-state index contributed by atoms with van der Waals surface area (Å²) in [6.07, 6.45) is 0. The van der Waals surface area contributed by atoms with E-state index < -0.39 is 0 Å². The summed E-state index contributed by atoms with van der Waals surface area (Å²) < 4.78 is 0.0647. The van der Waals surface area contributed by atoms with Gasteiger partial charge in [0.1, 0.15) is 0 Å². The van der Waals surface area contributed by atoms with Crippen molar-refractivity contribution >= 4 is 17.7 Å². The van der Waals surface area contributed by atoms with E-state index in [9.17, 15) is 4.79 Å². The molecule has 0 aliphatic rings. The Hall–Kier alpha value is -1.22. The van der Waals surface area contributed by atoms with Crippen molar-refractivity contribution in [3.05, 3.63) is 48.0 Å². The fourth-order valence-corrected chi connectivity index (χ4v) is 2.56. The van der Waals surface area contributed by atoms with Crippen molar-refractivity contribution in [3.8, 4) is 0 Å². The molecule has 1 amide bonds. The number of thioether (sulfide) groups is 1. The predicted octanol–water partition coefficient (Wildman–Crippen LogP) is 3.35. The second-order valence-corrected chi connectivity index (χ2v) is 6.48. The monoisotopic (exact) mass is 263 g/mol. The predicted molar refractivity (Wildman–Crippen MR) is 79.7 cm³/mol. The molecule has 0 atom stereocenters. The van der Waals surface area contributed by atoms with Crippen LogP contribution >= 0.6 is 11.8 Å². The van der Waals surface area contributed by atoms with Crippen LogP contribution in [0.15, 0.2) is 42.5 Å². The highest BCUT2D eigenvalue weighted by atomic mass is 32.2. The van der Waals surface area contributed by atoms with Gasteiger partial charge in [-0.25, -0.2) is 0 Å². The van der Waals surface area contributed by atoms with Gasteiger partial charge in [0.05, 0.1) is 0 Å². The molecule has 0 heterocycles. The molecular formula is C15H21NOS. The lowest BCUT2D eigenvalue weighted by atomic mass is 10.0. The molecule has 0 spiro atoms. The van der Waals surface area contributed by atoms with Crippen molar-refractivity contribution in [1.29, 1.82) is 0 Å². The van der Waals surface area contributed by atoms with Crippen LogP contribution in [0.5, 0.6) is 0 Å². The van der Waals surface area contributed by atoms with E-state index in [1.165, 1.54) is 5.56 Å². The van der Waals surface area contributed by atoms with Gasteiger partial charge < -0.3 is 5.32 Å². The summed E-state index contributed by atoms with van der Waals surface area (Å²) in [4.78, 5) is 11.3. The first-order valence-electron chi connectivity index (χ1n) is 6.06. The second-order valence-electron chi connectivity index (χ2n) is 4.76. The first-order chi connectivity index (χ1) is 8.43. The Balaban J connectivity index is 2.39. The van der Waals surface area contributed by atoms with Crippen LogP contribution in [-0.4, -0.2) is 18.2 Å². The average Bonchev–Trinajstić information content (AvgIpc) is 2.35. The highest BCUT2D eigenvalue weighted by Crippen LogP contribution is 2.34. The molecule has 0 saturated carbocycles. The van der Waals surface area contributed by atoms with Crippen LogP contribution in [0.3, 0.4) is 0 Å². The molecule has 18 heavy (non-hydrogen) atoms. The first kappa shape index (κ1) is 14.8. The molecule has 0 unspecified atom stereocenters. The third-order valence-electron chi connectivity index (χ3n) is 2.71. The number of rotatable bonds is 6. The molecule has 0 aromatic heterocycles. The Labute approximate surface area is 114 Å². The fourth-order valence-electron chi connectivity index (χ4n) is 1.54. The minimum Gasteiger partial charge on any atom is -0.352 e. The molecular weight excluding hydrogens is 242 g/mol. The zero-order valence-corrected chi connectivity index (χ0v) is 12.1. The van der Waals surface area contributed by atoms with Crippen molar-refractivity contribution in [1.82, 2.24) is 5.32 Å². The number of amides is 1. The largest absolute Gasteiger partial charge is 0.352 e. The molecule has 0 radical (unpaired) electrons. The van der Waals surface area contributed by atoms with Crippen molar-refractivity contribution in [2.24, 2.45) is 0 Å². The van der Waals surface area contributed by atoms with Crippen LogP contribution < -0.4 is 5.32 Å². The lowest BCUT2D eigenvalue weighted by Gasteiger charge is -2.24. The van der Waals surface area contributed by atoms with Gasteiger partial charge in [-0.1, -0.05) is 36.9 Å². The van der Waals surface area contributed by atoms with E-state index in [0.29, 0.717) is 12.1 Å². The summed E-state index contributed by atoms with van der Waals surface area (Å²) in [5, 5.41) is 2.85. The summed E-state index contributed by atoms with van der Waals surface area (Å²) in [5.74, 6) is 0.828. The molecule has 2 nitrogen and oxygen atoms in total. The molecule has 0 bridgehead atoms. The van der Waals surface area contributed by atoms with Crippen LogP contribution in [0.4, 0.5) is 0 Å². The fraction of sp³-hybridized carbons (Fsp3) is 0.400. The molecule has 0 aliphatic heterocycles. The summed E-state index contributed by atoms with van der Waals surface area (Å²) in [7, 11) is 0. The van der Waals surface area contributed by atoms with Gasteiger partial charge in [0, 0.05) is 22.6 Å². The SMILES string of the molecule is C=C(C)C(=O)NCCSC(C)(C)c1ccccc1.